The predicted octanol–water partition coefficient (Wildman–Crippen LogP) is 1.90. The topological polar surface area (TPSA) is 66.5 Å². The predicted molar refractivity (Wildman–Crippen MR) is 83.7 cm³/mol. The van der Waals surface area contributed by atoms with Crippen LogP contribution >= 0.6 is 0 Å². The van der Waals surface area contributed by atoms with E-state index in [9.17, 15) is 17.6 Å². The van der Waals surface area contributed by atoms with Gasteiger partial charge in [0.15, 0.2) is 0 Å². The van der Waals surface area contributed by atoms with Crippen LogP contribution in [-0.2, 0) is 14.8 Å². The zero-order chi connectivity index (χ0) is 16.4. The van der Waals surface area contributed by atoms with Gasteiger partial charge in [0.1, 0.15) is 5.82 Å². The van der Waals surface area contributed by atoms with Crippen LogP contribution in [0.3, 0.4) is 0 Å². The number of carbonyl (C=O) groups excluding carboxylic acids is 1. The highest BCUT2D eigenvalue weighted by atomic mass is 32.2. The molecule has 1 aromatic carbocycles. The molecule has 23 heavy (non-hydrogen) atoms. The van der Waals surface area contributed by atoms with Crippen molar-refractivity contribution in [2.24, 2.45) is 5.92 Å². The third-order valence-corrected chi connectivity index (χ3v) is 6.13. The molecule has 1 aliphatic heterocycles. The molecule has 1 aromatic rings. The molecule has 1 atom stereocenters. The lowest BCUT2D eigenvalue weighted by atomic mass is 9.84. The minimum Gasteiger partial charge on any atom is -0.341 e. The van der Waals surface area contributed by atoms with Crippen molar-refractivity contribution in [3.63, 3.8) is 0 Å². The second kappa shape index (κ2) is 6.57. The molecule has 0 spiro atoms. The number of carbonyl (C=O) groups is 1. The Morgan fingerprint density at radius 3 is 2.65 bits per heavy atom. The molecule has 1 N–H and O–H groups in total. The molecule has 1 saturated carbocycles. The molecule has 1 heterocycles. The lowest BCUT2D eigenvalue weighted by Gasteiger charge is -2.37. The van der Waals surface area contributed by atoms with Crippen LogP contribution in [0.1, 0.15) is 32.1 Å². The van der Waals surface area contributed by atoms with Gasteiger partial charge in [0, 0.05) is 25.0 Å². The molecule has 7 heteroatoms. The highest BCUT2D eigenvalue weighted by molar-refractivity contribution is 7.89. The van der Waals surface area contributed by atoms with Crippen LogP contribution in [0.5, 0.6) is 0 Å². The van der Waals surface area contributed by atoms with Crippen LogP contribution in [-0.4, -0.2) is 38.4 Å². The first kappa shape index (κ1) is 16.4. The van der Waals surface area contributed by atoms with E-state index in [2.05, 4.69) is 4.72 Å². The number of likely N-dealkylation sites (tertiary alicyclic amines) is 1. The van der Waals surface area contributed by atoms with Crippen molar-refractivity contribution >= 4 is 15.9 Å². The molecule has 0 aromatic heterocycles. The van der Waals surface area contributed by atoms with Gasteiger partial charge in [-0.25, -0.2) is 17.5 Å². The molecule has 0 unspecified atom stereocenters. The van der Waals surface area contributed by atoms with Gasteiger partial charge in [0.25, 0.3) is 0 Å². The molecule has 5 nitrogen and oxygen atoms in total. The van der Waals surface area contributed by atoms with E-state index in [1.165, 1.54) is 18.2 Å². The van der Waals surface area contributed by atoms with E-state index >= 15 is 0 Å². The average molecular weight is 340 g/mol. The second-order valence-electron chi connectivity index (χ2n) is 6.33. The fourth-order valence-corrected chi connectivity index (χ4v) is 4.40. The summed E-state index contributed by atoms with van der Waals surface area (Å²) in [5.41, 5.74) is 0. The van der Waals surface area contributed by atoms with E-state index < -0.39 is 15.8 Å². The van der Waals surface area contributed by atoms with E-state index in [-0.39, 0.29) is 22.8 Å². The number of hydrogen-bond donors (Lipinski definition) is 1. The SMILES string of the molecule is O=C(C1CCC1)N1CCC[C@@H](NS(=O)(=O)c2cccc(F)c2)C1. The summed E-state index contributed by atoms with van der Waals surface area (Å²) in [4.78, 5) is 14.0. The lowest BCUT2D eigenvalue weighted by Crippen LogP contribution is -2.51. The number of hydrogen-bond acceptors (Lipinski definition) is 3. The fraction of sp³-hybridized carbons (Fsp3) is 0.562. The maximum atomic E-state index is 13.2. The Morgan fingerprint density at radius 2 is 2.00 bits per heavy atom. The van der Waals surface area contributed by atoms with Crippen molar-refractivity contribution in [3.05, 3.63) is 30.1 Å². The summed E-state index contributed by atoms with van der Waals surface area (Å²) in [6.07, 6.45) is 4.43. The van der Waals surface area contributed by atoms with Crippen molar-refractivity contribution in [2.75, 3.05) is 13.1 Å². The number of halogens is 1. The smallest absolute Gasteiger partial charge is 0.240 e. The molecule has 2 aliphatic rings. The van der Waals surface area contributed by atoms with Gasteiger partial charge in [-0.2, -0.15) is 0 Å². The van der Waals surface area contributed by atoms with Gasteiger partial charge < -0.3 is 4.90 Å². The molecular formula is C16H21FN2O3S. The Kier molecular flexibility index (Phi) is 4.68. The Balaban J connectivity index is 1.66. The first-order chi connectivity index (χ1) is 11.0. The van der Waals surface area contributed by atoms with E-state index in [0.717, 1.165) is 31.7 Å². The maximum Gasteiger partial charge on any atom is 0.240 e. The molecule has 126 valence electrons. The number of benzene rings is 1. The summed E-state index contributed by atoms with van der Waals surface area (Å²) in [6, 6.07) is 4.63. The van der Waals surface area contributed by atoms with Crippen LogP contribution in [0.25, 0.3) is 0 Å². The zero-order valence-corrected chi connectivity index (χ0v) is 13.7. The highest BCUT2D eigenvalue weighted by Gasteiger charge is 2.33. The Labute approximate surface area is 135 Å². The van der Waals surface area contributed by atoms with E-state index in [1.807, 2.05) is 0 Å². The van der Waals surface area contributed by atoms with Gasteiger partial charge >= 0.3 is 0 Å². The minimum absolute atomic E-state index is 0.0834. The molecule has 1 saturated heterocycles. The van der Waals surface area contributed by atoms with Crippen molar-refractivity contribution in [2.45, 2.75) is 43.0 Å². The number of amides is 1. The summed E-state index contributed by atoms with van der Waals surface area (Å²) < 4.78 is 40.5. The highest BCUT2D eigenvalue weighted by Crippen LogP contribution is 2.29. The number of rotatable bonds is 4. The summed E-state index contributed by atoms with van der Waals surface area (Å²) in [7, 11) is -3.77. The van der Waals surface area contributed by atoms with Crippen LogP contribution in [0.4, 0.5) is 4.39 Å². The molecule has 0 radical (unpaired) electrons. The largest absolute Gasteiger partial charge is 0.341 e. The van der Waals surface area contributed by atoms with Gasteiger partial charge in [0.2, 0.25) is 15.9 Å². The van der Waals surface area contributed by atoms with Gasteiger partial charge in [-0.3, -0.25) is 4.79 Å². The van der Waals surface area contributed by atoms with E-state index in [1.54, 1.807) is 4.90 Å². The van der Waals surface area contributed by atoms with Gasteiger partial charge in [-0.15, -0.1) is 0 Å². The molecule has 2 fully saturated rings. The first-order valence-electron chi connectivity index (χ1n) is 8.02. The van der Waals surface area contributed by atoms with E-state index in [0.29, 0.717) is 19.5 Å². The van der Waals surface area contributed by atoms with Crippen LogP contribution in [0.15, 0.2) is 29.2 Å². The van der Waals surface area contributed by atoms with Crippen molar-refractivity contribution in [1.29, 1.82) is 0 Å². The van der Waals surface area contributed by atoms with Gasteiger partial charge in [0.05, 0.1) is 4.90 Å². The standard InChI is InChI=1S/C16H21FN2O3S/c17-13-6-2-8-15(10-13)23(21,22)18-14-7-3-9-19(11-14)16(20)12-4-1-5-12/h2,6,8,10,12,14,18H,1,3-5,7,9,11H2/t14-/m1/s1. The third-order valence-electron chi connectivity index (χ3n) is 4.62. The van der Waals surface area contributed by atoms with Crippen LogP contribution < -0.4 is 4.72 Å². The number of nitrogens with one attached hydrogen (secondary N) is 1. The molecule has 1 aliphatic carbocycles. The van der Waals surface area contributed by atoms with Crippen molar-refractivity contribution in [1.82, 2.24) is 9.62 Å². The first-order valence-corrected chi connectivity index (χ1v) is 9.51. The van der Waals surface area contributed by atoms with Crippen LogP contribution in [0.2, 0.25) is 0 Å². The zero-order valence-electron chi connectivity index (χ0n) is 12.9. The monoisotopic (exact) mass is 340 g/mol. The number of sulfonamides is 1. The Hall–Kier alpha value is -1.47. The lowest BCUT2D eigenvalue weighted by molar-refractivity contribution is -0.139. The van der Waals surface area contributed by atoms with E-state index in [4.69, 9.17) is 0 Å². The molecule has 1 amide bonds. The Morgan fingerprint density at radius 1 is 1.22 bits per heavy atom. The maximum absolute atomic E-state index is 13.2. The third kappa shape index (κ3) is 3.72. The van der Waals surface area contributed by atoms with Gasteiger partial charge in [-0.05, 0) is 43.9 Å². The normalized spacial score (nSPS) is 22.7. The summed E-state index contributed by atoms with van der Waals surface area (Å²) in [5.74, 6) is -0.321. The van der Waals surface area contributed by atoms with Crippen molar-refractivity contribution in [3.8, 4) is 0 Å². The average Bonchev–Trinajstić information content (AvgIpc) is 2.45. The quantitative estimate of drug-likeness (QED) is 0.910. The number of nitrogens with zero attached hydrogens (tertiary/aromatic N) is 1. The molecule has 3 rings (SSSR count). The Bertz CT molecular complexity index is 688. The second-order valence-corrected chi connectivity index (χ2v) is 8.04. The van der Waals surface area contributed by atoms with Gasteiger partial charge in [-0.1, -0.05) is 12.5 Å². The van der Waals surface area contributed by atoms with Crippen molar-refractivity contribution < 1.29 is 17.6 Å². The molecule has 0 bridgehead atoms. The minimum atomic E-state index is -3.77. The van der Waals surface area contributed by atoms with Crippen LogP contribution in [0, 0.1) is 11.7 Å². The summed E-state index contributed by atoms with van der Waals surface area (Å²) in [6.45, 7) is 1.08. The fourth-order valence-electron chi connectivity index (χ4n) is 3.11. The summed E-state index contributed by atoms with van der Waals surface area (Å²) in [5, 5.41) is 0. The molecular weight excluding hydrogens is 319 g/mol. The number of piperidine rings is 1. The summed E-state index contributed by atoms with van der Waals surface area (Å²) >= 11 is 0.